The first-order valence-corrected chi connectivity index (χ1v) is 9.09. The van der Waals surface area contributed by atoms with Gasteiger partial charge in [-0.3, -0.25) is 14.6 Å². The Labute approximate surface area is 145 Å². The SMILES string of the molecule is CC(C)C(C#N)N1CCN(C(=O)CN(CC#N)C2CCCC2)CC1. The molecule has 0 radical (unpaired) electrons. The van der Waals surface area contributed by atoms with Gasteiger partial charge in [-0.2, -0.15) is 10.5 Å². The predicted octanol–water partition coefficient (Wildman–Crippen LogP) is 1.45. The predicted molar refractivity (Wildman–Crippen MR) is 91.8 cm³/mol. The van der Waals surface area contributed by atoms with Gasteiger partial charge in [0.2, 0.25) is 5.91 Å². The number of piperazine rings is 1. The van der Waals surface area contributed by atoms with Crippen LogP contribution in [-0.2, 0) is 4.79 Å². The summed E-state index contributed by atoms with van der Waals surface area (Å²) in [6, 6.07) is 4.90. The van der Waals surface area contributed by atoms with E-state index in [2.05, 4.69) is 30.9 Å². The Hall–Kier alpha value is -1.63. The zero-order chi connectivity index (χ0) is 17.5. The van der Waals surface area contributed by atoms with E-state index in [-0.39, 0.29) is 11.9 Å². The van der Waals surface area contributed by atoms with E-state index >= 15 is 0 Å². The lowest BCUT2D eigenvalue weighted by atomic mass is 10.0. The summed E-state index contributed by atoms with van der Waals surface area (Å²) in [5.74, 6) is 0.417. The van der Waals surface area contributed by atoms with Crippen molar-refractivity contribution in [2.45, 2.75) is 51.6 Å². The van der Waals surface area contributed by atoms with Gasteiger partial charge < -0.3 is 4.90 Å². The third-order valence-corrected chi connectivity index (χ3v) is 5.28. The minimum Gasteiger partial charge on any atom is -0.339 e. The highest BCUT2D eigenvalue weighted by molar-refractivity contribution is 5.78. The van der Waals surface area contributed by atoms with Crippen molar-refractivity contribution in [2.24, 2.45) is 5.92 Å². The Morgan fingerprint density at radius 2 is 1.79 bits per heavy atom. The zero-order valence-corrected chi connectivity index (χ0v) is 14.9. The highest BCUT2D eigenvalue weighted by Crippen LogP contribution is 2.23. The van der Waals surface area contributed by atoms with Gasteiger partial charge in [0.15, 0.2) is 0 Å². The van der Waals surface area contributed by atoms with Crippen LogP contribution < -0.4 is 0 Å². The molecule has 2 fully saturated rings. The molecule has 1 aliphatic carbocycles. The van der Waals surface area contributed by atoms with Crippen LogP contribution in [0.2, 0.25) is 0 Å². The highest BCUT2D eigenvalue weighted by atomic mass is 16.2. The molecule has 0 N–H and O–H groups in total. The molecule has 1 aliphatic heterocycles. The molecule has 0 aromatic carbocycles. The fraction of sp³-hybridized carbons (Fsp3) is 0.833. The van der Waals surface area contributed by atoms with Gasteiger partial charge in [0.1, 0.15) is 6.04 Å². The molecule has 2 aliphatic rings. The molecule has 1 heterocycles. The summed E-state index contributed by atoms with van der Waals surface area (Å²) in [6.07, 6.45) is 4.59. The second-order valence-corrected chi connectivity index (χ2v) is 7.24. The molecule has 1 saturated carbocycles. The normalized spacial score (nSPS) is 21.0. The van der Waals surface area contributed by atoms with Gasteiger partial charge in [-0.1, -0.05) is 26.7 Å². The molecule has 6 heteroatoms. The maximum Gasteiger partial charge on any atom is 0.236 e. The van der Waals surface area contributed by atoms with Gasteiger partial charge >= 0.3 is 0 Å². The van der Waals surface area contributed by atoms with Gasteiger partial charge in [-0.15, -0.1) is 0 Å². The Morgan fingerprint density at radius 3 is 2.29 bits per heavy atom. The first-order valence-electron chi connectivity index (χ1n) is 9.09. The number of rotatable bonds is 6. The number of hydrogen-bond acceptors (Lipinski definition) is 5. The van der Waals surface area contributed by atoms with Crippen molar-refractivity contribution in [1.82, 2.24) is 14.7 Å². The maximum absolute atomic E-state index is 12.6. The van der Waals surface area contributed by atoms with E-state index in [1.807, 2.05) is 9.80 Å². The van der Waals surface area contributed by atoms with Crippen molar-refractivity contribution < 1.29 is 4.79 Å². The minimum atomic E-state index is -0.0733. The molecule has 0 aromatic rings. The van der Waals surface area contributed by atoms with E-state index in [0.717, 1.165) is 25.9 Å². The van der Waals surface area contributed by atoms with Crippen LogP contribution in [0.15, 0.2) is 0 Å². The number of carbonyl (C=O) groups is 1. The van der Waals surface area contributed by atoms with Crippen LogP contribution >= 0.6 is 0 Å². The second-order valence-electron chi connectivity index (χ2n) is 7.24. The molecule has 1 saturated heterocycles. The van der Waals surface area contributed by atoms with Crippen LogP contribution in [0, 0.1) is 28.6 Å². The quantitative estimate of drug-likeness (QED) is 0.689. The molecule has 0 bridgehead atoms. The van der Waals surface area contributed by atoms with E-state index in [1.54, 1.807) is 0 Å². The van der Waals surface area contributed by atoms with Gasteiger partial charge in [0, 0.05) is 32.2 Å². The van der Waals surface area contributed by atoms with E-state index in [9.17, 15) is 10.1 Å². The number of carbonyl (C=O) groups excluding carboxylic acids is 1. The summed E-state index contributed by atoms with van der Waals surface area (Å²) in [5.41, 5.74) is 0. The van der Waals surface area contributed by atoms with Crippen LogP contribution in [-0.4, -0.2) is 72.0 Å². The van der Waals surface area contributed by atoms with Crippen molar-refractivity contribution in [2.75, 3.05) is 39.3 Å². The Bertz CT molecular complexity index is 493. The molecular weight excluding hydrogens is 302 g/mol. The standard InChI is InChI=1S/C18H29N5O/c1-15(2)17(13-20)21-9-11-22(12-10-21)18(24)14-23(8-7-19)16-5-3-4-6-16/h15-17H,3-6,8-12,14H2,1-2H3. The largest absolute Gasteiger partial charge is 0.339 e. The molecule has 1 amide bonds. The summed E-state index contributed by atoms with van der Waals surface area (Å²) in [4.78, 5) is 18.7. The second kappa shape index (κ2) is 9.01. The summed E-state index contributed by atoms with van der Waals surface area (Å²) in [7, 11) is 0. The zero-order valence-electron chi connectivity index (χ0n) is 14.9. The average Bonchev–Trinajstić information content (AvgIpc) is 3.09. The molecule has 2 rings (SSSR count). The van der Waals surface area contributed by atoms with Crippen LogP contribution in [0.3, 0.4) is 0 Å². The van der Waals surface area contributed by atoms with Crippen molar-refractivity contribution in [3.63, 3.8) is 0 Å². The highest BCUT2D eigenvalue weighted by Gasteiger charge is 2.30. The fourth-order valence-corrected chi connectivity index (χ4v) is 3.85. The van der Waals surface area contributed by atoms with E-state index in [1.165, 1.54) is 12.8 Å². The molecule has 132 valence electrons. The lowest BCUT2D eigenvalue weighted by molar-refractivity contribution is -0.134. The molecule has 24 heavy (non-hydrogen) atoms. The Balaban J connectivity index is 1.85. The maximum atomic E-state index is 12.6. The van der Waals surface area contributed by atoms with Gasteiger partial charge in [0.25, 0.3) is 0 Å². The first-order chi connectivity index (χ1) is 11.6. The third kappa shape index (κ3) is 4.69. The molecule has 0 aromatic heterocycles. The molecular formula is C18H29N5O. The molecule has 1 atom stereocenters. The van der Waals surface area contributed by atoms with Crippen LogP contribution in [0.25, 0.3) is 0 Å². The van der Waals surface area contributed by atoms with Gasteiger partial charge in [-0.25, -0.2) is 0 Å². The number of nitrogens with zero attached hydrogens (tertiary/aromatic N) is 5. The van der Waals surface area contributed by atoms with Crippen LogP contribution in [0.5, 0.6) is 0 Å². The third-order valence-electron chi connectivity index (χ3n) is 5.28. The van der Waals surface area contributed by atoms with Crippen molar-refractivity contribution in [3.05, 3.63) is 0 Å². The lowest BCUT2D eigenvalue weighted by Crippen LogP contribution is -2.54. The van der Waals surface area contributed by atoms with Gasteiger partial charge in [0.05, 0.1) is 25.2 Å². The summed E-state index contributed by atoms with van der Waals surface area (Å²) in [5, 5.41) is 18.4. The van der Waals surface area contributed by atoms with E-state index in [0.29, 0.717) is 38.1 Å². The van der Waals surface area contributed by atoms with Crippen LogP contribution in [0.1, 0.15) is 39.5 Å². The lowest BCUT2D eigenvalue weighted by Gasteiger charge is -2.39. The first kappa shape index (κ1) is 18.7. The Kier molecular flexibility index (Phi) is 7.02. The average molecular weight is 331 g/mol. The number of amides is 1. The summed E-state index contributed by atoms with van der Waals surface area (Å²) >= 11 is 0. The van der Waals surface area contributed by atoms with Crippen LogP contribution in [0.4, 0.5) is 0 Å². The number of hydrogen-bond donors (Lipinski definition) is 0. The van der Waals surface area contributed by atoms with E-state index in [4.69, 9.17) is 5.26 Å². The molecule has 0 spiro atoms. The number of nitriles is 2. The fourth-order valence-electron chi connectivity index (χ4n) is 3.85. The van der Waals surface area contributed by atoms with Crippen molar-refractivity contribution in [3.8, 4) is 12.1 Å². The van der Waals surface area contributed by atoms with Gasteiger partial charge in [-0.05, 0) is 18.8 Å². The Morgan fingerprint density at radius 1 is 1.17 bits per heavy atom. The summed E-state index contributed by atoms with van der Waals surface area (Å²) < 4.78 is 0. The smallest absolute Gasteiger partial charge is 0.236 e. The molecule has 1 unspecified atom stereocenters. The summed E-state index contributed by atoms with van der Waals surface area (Å²) in [6.45, 7) is 7.67. The van der Waals surface area contributed by atoms with E-state index < -0.39 is 0 Å². The minimum absolute atomic E-state index is 0.0733. The monoisotopic (exact) mass is 331 g/mol. The topological polar surface area (TPSA) is 74.4 Å². The van der Waals surface area contributed by atoms with Crippen molar-refractivity contribution >= 4 is 5.91 Å². The molecule has 6 nitrogen and oxygen atoms in total. The van der Waals surface area contributed by atoms with Crippen molar-refractivity contribution in [1.29, 1.82) is 10.5 Å².